The molecule has 1 aliphatic heterocycles. The molecule has 2 unspecified atom stereocenters. The number of benzene rings is 3. The fourth-order valence-corrected chi connectivity index (χ4v) is 7.21. The Hall–Kier alpha value is -4.09. The minimum atomic E-state index is -4.21. The number of guanidine groups is 1. The molecule has 5 rings (SSSR count). The fraction of sp³-hybridized carbons (Fsp3) is 0.333. The summed E-state index contributed by atoms with van der Waals surface area (Å²) in [4.78, 5) is 14.4. The van der Waals surface area contributed by atoms with Crippen LogP contribution in [0.3, 0.4) is 0 Å². The number of carbonyl (C=O) groups excluding carboxylic acids is 1. The quantitative estimate of drug-likeness (QED) is 0.306. The summed E-state index contributed by atoms with van der Waals surface area (Å²) in [5.74, 6) is 0.219. The predicted octanol–water partition coefficient (Wildman–Crippen LogP) is 3.90. The van der Waals surface area contributed by atoms with Crippen molar-refractivity contribution in [3.8, 4) is 16.9 Å². The number of amides is 1. The number of methoxy groups -OCH3 is 1. The number of hydrogen-bond donors (Lipinski definition) is 3. The Bertz CT molecular complexity index is 1590. The minimum absolute atomic E-state index is 0.0422. The Balaban J connectivity index is 1.32. The van der Waals surface area contributed by atoms with E-state index in [-0.39, 0.29) is 17.4 Å². The van der Waals surface area contributed by atoms with Gasteiger partial charge in [0.05, 0.1) is 18.0 Å². The maximum Gasteiger partial charge on any atom is 0.408 e. The third-order valence-corrected chi connectivity index (χ3v) is 9.43. The van der Waals surface area contributed by atoms with Crippen molar-refractivity contribution >= 4 is 22.1 Å². The highest BCUT2D eigenvalue weighted by molar-refractivity contribution is 7.90. The molecule has 3 aromatic carbocycles. The summed E-state index contributed by atoms with van der Waals surface area (Å²) in [6.07, 6.45) is -1.61. The van der Waals surface area contributed by atoms with Crippen molar-refractivity contribution in [2.24, 2.45) is 10.1 Å². The van der Waals surface area contributed by atoms with Gasteiger partial charge in [-0.1, -0.05) is 48.5 Å². The lowest BCUT2D eigenvalue weighted by atomic mass is 10.0. The maximum absolute atomic E-state index is 13.3. The van der Waals surface area contributed by atoms with Crippen LogP contribution >= 0.6 is 0 Å². The molecule has 0 bridgehead atoms. The summed E-state index contributed by atoms with van der Waals surface area (Å²) >= 11 is 0. The van der Waals surface area contributed by atoms with E-state index in [1.54, 1.807) is 26.8 Å². The number of carbonyl (C=O) groups is 1. The molecule has 4 N–H and O–H groups in total. The van der Waals surface area contributed by atoms with Crippen molar-refractivity contribution in [1.29, 1.82) is 0 Å². The van der Waals surface area contributed by atoms with Gasteiger partial charge in [0.15, 0.2) is 6.10 Å². The molecule has 1 aliphatic carbocycles. The SMILES string of the molecule is COc1cc(C)c(S(=O)(=O)/N=C(/N)N2CCCC(NC(=O)OC3c4ccccc4-c4ccccc43)C2O)c(C)c1C. The van der Waals surface area contributed by atoms with Gasteiger partial charge in [0.2, 0.25) is 5.96 Å². The summed E-state index contributed by atoms with van der Waals surface area (Å²) < 4.78 is 41.7. The van der Waals surface area contributed by atoms with E-state index in [0.717, 1.165) is 22.3 Å². The molecule has 216 valence electrons. The number of piperidine rings is 1. The fourth-order valence-electron chi connectivity index (χ4n) is 5.76. The molecule has 10 nitrogen and oxygen atoms in total. The van der Waals surface area contributed by atoms with E-state index in [2.05, 4.69) is 9.71 Å². The van der Waals surface area contributed by atoms with Gasteiger partial charge < -0.3 is 30.5 Å². The van der Waals surface area contributed by atoms with Crippen LogP contribution in [0.4, 0.5) is 4.79 Å². The number of aryl methyl sites for hydroxylation is 1. The molecule has 1 fully saturated rings. The third-order valence-electron chi connectivity index (χ3n) is 7.86. The van der Waals surface area contributed by atoms with Gasteiger partial charge in [-0.2, -0.15) is 8.42 Å². The first-order chi connectivity index (χ1) is 19.5. The first-order valence-electron chi connectivity index (χ1n) is 13.4. The van der Waals surface area contributed by atoms with Gasteiger partial charge in [-0.15, -0.1) is 4.40 Å². The second kappa shape index (κ2) is 11.1. The second-order valence-electron chi connectivity index (χ2n) is 10.4. The Morgan fingerprint density at radius 2 is 1.66 bits per heavy atom. The summed E-state index contributed by atoms with van der Waals surface area (Å²) in [5, 5.41) is 13.8. The molecule has 0 aromatic heterocycles. The largest absolute Gasteiger partial charge is 0.496 e. The molecule has 1 heterocycles. The van der Waals surface area contributed by atoms with Crippen LogP contribution in [-0.2, 0) is 14.8 Å². The molecular formula is C30H34N4O6S. The van der Waals surface area contributed by atoms with Crippen LogP contribution in [0, 0.1) is 20.8 Å². The number of nitrogens with one attached hydrogen (secondary N) is 1. The Morgan fingerprint density at radius 3 is 2.27 bits per heavy atom. The number of aliphatic hydroxyl groups is 1. The number of alkyl carbamates (subject to hydrolysis) is 1. The zero-order chi connectivity index (χ0) is 29.5. The van der Waals surface area contributed by atoms with Crippen molar-refractivity contribution in [2.75, 3.05) is 13.7 Å². The van der Waals surface area contributed by atoms with Gasteiger partial charge in [-0.3, -0.25) is 0 Å². The number of nitrogens with zero attached hydrogens (tertiary/aromatic N) is 2. The average Bonchev–Trinajstić information content (AvgIpc) is 3.25. The van der Waals surface area contributed by atoms with E-state index in [4.69, 9.17) is 15.2 Å². The van der Waals surface area contributed by atoms with E-state index < -0.39 is 34.5 Å². The highest BCUT2D eigenvalue weighted by Gasteiger charge is 2.36. The van der Waals surface area contributed by atoms with Gasteiger partial charge >= 0.3 is 6.09 Å². The molecule has 2 aliphatic rings. The topological polar surface area (TPSA) is 144 Å². The Labute approximate surface area is 239 Å². The van der Waals surface area contributed by atoms with Gasteiger partial charge in [-0.05, 0) is 67.5 Å². The summed E-state index contributed by atoms with van der Waals surface area (Å²) in [6.45, 7) is 5.39. The second-order valence-corrected chi connectivity index (χ2v) is 11.9. The summed E-state index contributed by atoms with van der Waals surface area (Å²) in [5.41, 5.74) is 11.6. The van der Waals surface area contributed by atoms with Crippen LogP contribution in [-0.4, -0.2) is 56.4 Å². The van der Waals surface area contributed by atoms with Crippen molar-refractivity contribution in [3.63, 3.8) is 0 Å². The Morgan fingerprint density at radius 1 is 1.05 bits per heavy atom. The molecule has 1 saturated heterocycles. The minimum Gasteiger partial charge on any atom is -0.496 e. The molecule has 0 saturated carbocycles. The van der Waals surface area contributed by atoms with Gasteiger partial charge in [0, 0.05) is 17.7 Å². The number of ether oxygens (including phenoxy) is 2. The van der Waals surface area contributed by atoms with Crippen molar-refractivity contribution in [2.45, 2.75) is 56.9 Å². The van der Waals surface area contributed by atoms with Crippen molar-refractivity contribution in [1.82, 2.24) is 10.2 Å². The van der Waals surface area contributed by atoms with Crippen molar-refractivity contribution < 1.29 is 27.8 Å². The molecule has 0 spiro atoms. The maximum atomic E-state index is 13.3. The standard InChI is InChI=1S/C30H34N4O6S/c1-17-16-25(39-4)18(2)19(3)27(17)41(37,38)33-29(31)34-15-9-14-24(28(34)35)32-30(36)40-26-22-12-7-5-10-20(22)21-11-6-8-13-23(21)26/h5-8,10-13,16,24,26,28,35H,9,14-15H2,1-4H3,(H2,31,33)(H,32,36). The first-order valence-corrected chi connectivity index (χ1v) is 14.8. The van der Waals surface area contributed by atoms with E-state index in [9.17, 15) is 18.3 Å². The lowest BCUT2D eigenvalue weighted by Crippen LogP contribution is -2.58. The van der Waals surface area contributed by atoms with E-state index in [1.165, 1.54) is 12.0 Å². The van der Waals surface area contributed by atoms with Crippen LogP contribution in [0.15, 0.2) is 63.9 Å². The van der Waals surface area contributed by atoms with Gasteiger partial charge in [0.25, 0.3) is 10.0 Å². The summed E-state index contributed by atoms with van der Waals surface area (Å²) in [6, 6.07) is 16.4. The molecule has 11 heteroatoms. The number of nitrogens with two attached hydrogens (primary N) is 1. The molecule has 1 amide bonds. The smallest absolute Gasteiger partial charge is 0.408 e. The van der Waals surface area contributed by atoms with Crippen LogP contribution in [0.25, 0.3) is 11.1 Å². The lowest BCUT2D eigenvalue weighted by Gasteiger charge is -2.38. The molecule has 2 atom stereocenters. The molecular weight excluding hydrogens is 544 g/mol. The summed E-state index contributed by atoms with van der Waals surface area (Å²) in [7, 11) is -2.69. The average molecular weight is 579 g/mol. The zero-order valence-corrected chi connectivity index (χ0v) is 24.2. The van der Waals surface area contributed by atoms with E-state index >= 15 is 0 Å². The number of fused-ring (bicyclic) bond motifs is 3. The highest BCUT2D eigenvalue weighted by atomic mass is 32.2. The van der Waals surface area contributed by atoms with Crippen molar-refractivity contribution in [3.05, 3.63) is 82.4 Å². The zero-order valence-electron chi connectivity index (χ0n) is 23.4. The van der Waals surface area contributed by atoms with Gasteiger partial charge in [-0.25, -0.2) is 4.79 Å². The highest BCUT2D eigenvalue weighted by Crippen LogP contribution is 2.45. The molecule has 0 radical (unpaired) electrons. The Kier molecular flexibility index (Phi) is 7.67. The number of rotatable bonds is 5. The number of hydrogen-bond acceptors (Lipinski definition) is 6. The normalized spacial score (nSPS) is 19.0. The number of likely N-dealkylation sites (tertiary alicyclic amines) is 1. The number of sulfonamides is 1. The van der Waals surface area contributed by atoms with Crippen LogP contribution in [0.5, 0.6) is 5.75 Å². The molecule has 3 aromatic rings. The van der Waals surface area contributed by atoms with Gasteiger partial charge in [0.1, 0.15) is 12.0 Å². The first kappa shape index (κ1) is 28.4. The van der Waals surface area contributed by atoms with Crippen LogP contribution < -0.4 is 15.8 Å². The third kappa shape index (κ3) is 5.22. The monoisotopic (exact) mass is 578 g/mol. The number of aliphatic hydroxyl groups excluding tert-OH is 1. The lowest BCUT2D eigenvalue weighted by molar-refractivity contribution is -0.00771. The van der Waals surface area contributed by atoms with E-state index in [1.807, 2.05) is 48.5 Å². The van der Waals surface area contributed by atoms with Crippen LogP contribution in [0.2, 0.25) is 0 Å². The predicted molar refractivity (Wildman–Crippen MR) is 155 cm³/mol. The molecule has 41 heavy (non-hydrogen) atoms. The van der Waals surface area contributed by atoms with E-state index in [0.29, 0.717) is 35.3 Å². The van der Waals surface area contributed by atoms with Crippen LogP contribution in [0.1, 0.15) is 46.8 Å².